The summed E-state index contributed by atoms with van der Waals surface area (Å²) in [5.41, 5.74) is -1.04. The van der Waals surface area contributed by atoms with Crippen molar-refractivity contribution in [3.8, 4) is 0 Å². The second kappa shape index (κ2) is 7.91. The summed E-state index contributed by atoms with van der Waals surface area (Å²) in [6.45, 7) is 1.38. The molecule has 1 aromatic carbocycles. The van der Waals surface area contributed by atoms with Crippen molar-refractivity contribution in [2.24, 2.45) is 0 Å². The number of hydrogen-bond donors (Lipinski definition) is 2. The molecule has 1 aliphatic carbocycles. The molecule has 1 aromatic heterocycles. The number of carbonyl (C=O) groups excluding carboxylic acids is 1. The predicted molar refractivity (Wildman–Crippen MR) is 102 cm³/mol. The van der Waals surface area contributed by atoms with Crippen molar-refractivity contribution in [2.75, 3.05) is 18.5 Å². The summed E-state index contributed by atoms with van der Waals surface area (Å²) in [7, 11) is 0. The molecule has 0 atom stereocenters. The number of hydrogen-bond acceptors (Lipinski definition) is 5. The predicted octanol–water partition coefficient (Wildman–Crippen LogP) is 4.65. The van der Waals surface area contributed by atoms with Gasteiger partial charge in [0.1, 0.15) is 5.01 Å². The molecular formula is C19H21F3N4O2S. The quantitative estimate of drug-likeness (QED) is 0.746. The van der Waals surface area contributed by atoms with Crippen LogP contribution in [0.5, 0.6) is 0 Å². The van der Waals surface area contributed by atoms with Crippen molar-refractivity contribution in [3.05, 3.63) is 40.4 Å². The Morgan fingerprint density at radius 2 is 1.97 bits per heavy atom. The highest BCUT2D eigenvalue weighted by Crippen LogP contribution is 2.43. The Balaban J connectivity index is 1.44. The SMILES string of the molecule is O=C(Nc1nnc(C2CCOCC2)s1)NC1(c2cccc(C(F)(F)F)c2)CCC1. The standard InChI is InChI=1S/C19H21F3N4O2S/c20-19(21,22)14-4-1-3-13(11-14)18(7-2-8-18)24-16(27)23-17-26-25-15(29-17)12-5-9-28-10-6-12/h1,3-4,11-12H,2,5-10H2,(H2,23,24,26,27). The van der Waals surface area contributed by atoms with Crippen LogP contribution in [0, 0.1) is 0 Å². The van der Waals surface area contributed by atoms with Crippen molar-refractivity contribution in [3.63, 3.8) is 0 Å². The Morgan fingerprint density at radius 3 is 2.62 bits per heavy atom. The third-order valence-corrected chi connectivity index (χ3v) is 6.54. The van der Waals surface area contributed by atoms with E-state index in [0.717, 1.165) is 36.4 Å². The first-order chi connectivity index (χ1) is 13.9. The number of rotatable bonds is 4. The zero-order valence-corrected chi connectivity index (χ0v) is 16.4. The molecule has 29 heavy (non-hydrogen) atoms. The Morgan fingerprint density at radius 1 is 1.21 bits per heavy atom. The van der Waals surface area contributed by atoms with Crippen LogP contribution < -0.4 is 10.6 Å². The van der Waals surface area contributed by atoms with E-state index in [1.165, 1.54) is 17.4 Å². The Kier molecular flexibility index (Phi) is 5.48. The van der Waals surface area contributed by atoms with Crippen LogP contribution in [0.25, 0.3) is 0 Å². The minimum Gasteiger partial charge on any atom is -0.381 e. The van der Waals surface area contributed by atoms with Gasteiger partial charge in [-0.15, -0.1) is 10.2 Å². The van der Waals surface area contributed by atoms with E-state index < -0.39 is 23.3 Å². The summed E-state index contributed by atoms with van der Waals surface area (Å²) < 4.78 is 44.5. The number of nitrogens with one attached hydrogen (secondary N) is 2. The fourth-order valence-electron chi connectivity index (χ4n) is 3.75. The molecule has 1 saturated carbocycles. The molecule has 2 aliphatic rings. The molecule has 0 bridgehead atoms. The molecule has 2 amide bonds. The number of urea groups is 1. The molecule has 0 radical (unpaired) electrons. The highest BCUT2D eigenvalue weighted by Gasteiger charge is 2.41. The van der Waals surface area contributed by atoms with E-state index in [-0.39, 0.29) is 5.92 Å². The number of aromatic nitrogens is 2. The lowest BCUT2D eigenvalue weighted by atomic mass is 9.71. The number of halogens is 3. The molecule has 2 heterocycles. The van der Waals surface area contributed by atoms with Crippen LogP contribution in [-0.2, 0) is 16.5 Å². The molecule has 1 saturated heterocycles. The Bertz CT molecular complexity index is 876. The van der Waals surface area contributed by atoms with Gasteiger partial charge in [-0.25, -0.2) is 4.79 Å². The van der Waals surface area contributed by atoms with Crippen LogP contribution >= 0.6 is 11.3 Å². The smallest absolute Gasteiger partial charge is 0.381 e. The molecule has 2 N–H and O–H groups in total. The molecule has 4 rings (SSSR count). The molecule has 156 valence electrons. The lowest BCUT2D eigenvalue weighted by molar-refractivity contribution is -0.137. The van der Waals surface area contributed by atoms with Crippen molar-refractivity contribution < 1.29 is 22.7 Å². The number of amides is 2. The fraction of sp³-hybridized carbons (Fsp3) is 0.526. The topological polar surface area (TPSA) is 76.1 Å². The summed E-state index contributed by atoms with van der Waals surface area (Å²) in [6.07, 6.45) is -0.658. The van der Waals surface area contributed by atoms with Gasteiger partial charge in [0.25, 0.3) is 0 Å². The monoisotopic (exact) mass is 426 g/mol. The minimum atomic E-state index is -4.42. The Hall–Kier alpha value is -2.20. The molecule has 2 aromatic rings. The highest BCUT2D eigenvalue weighted by atomic mass is 32.1. The van der Waals surface area contributed by atoms with Crippen molar-refractivity contribution >= 4 is 22.5 Å². The molecule has 10 heteroatoms. The van der Waals surface area contributed by atoms with Crippen LogP contribution in [0.15, 0.2) is 24.3 Å². The van der Waals surface area contributed by atoms with Gasteiger partial charge in [-0.2, -0.15) is 13.2 Å². The molecule has 0 spiro atoms. The van der Waals surface area contributed by atoms with Crippen LogP contribution in [0.3, 0.4) is 0 Å². The van der Waals surface area contributed by atoms with Crippen LogP contribution in [0.4, 0.5) is 23.1 Å². The second-order valence-corrected chi connectivity index (χ2v) is 8.43. The highest BCUT2D eigenvalue weighted by molar-refractivity contribution is 7.15. The summed E-state index contributed by atoms with van der Waals surface area (Å²) in [5, 5.41) is 15.0. The molecule has 0 unspecified atom stereocenters. The van der Waals surface area contributed by atoms with Crippen LogP contribution in [-0.4, -0.2) is 29.4 Å². The Labute approximate surface area is 169 Å². The minimum absolute atomic E-state index is 0.281. The number of benzene rings is 1. The van der Waals surface area contributed by atoms with E-state index in [9.17, 15) is 18.0 Å². The lowest BCUT2D eigenvalue weighted by Gasteiger charge is -2.43. The van der Waals surface area contributed by atoms with Gasteiger partial charge >= 0.3 is 12.2 Å². The van der Waals surface area contributed by atoms with Crippen molar-refractivity contribution in [2.45, 2.75) is 49.7 Å². The summed E-state index contributed by atoms with van der Waals surface area (Å²) in [5.74, 6) is 0.281. The van der Waals surface area contributed by atoms with Gasteiger partial charge in [-0.05, 0) is 49.8 Å². The fourth-order valence-corrected chi connectivity index (χ4v) is 4.66. The lowest BCUT2D eigenvalue weighted by Crippen LogP contribution is -2.52. The number of anilines is 1. The number of ether oxygens (including phenoxy) is 1. The largest absolute Gasteiger partial charge is 0.416 e. The maximum atomic E-state index is 13.1. The number of carbonyl (C=O) groups is 1. The van der Waals surface area contributed by atoms with Crippen molar-refractivity contribution in [1.29, 1.82) is 0 Å². The van der Waals surface area contributed by atoms with Crippen LogP contribution in [0.1, 0.15) is 54.2 Å². The molecule has 1 aliphatic heterocycles. The van der Waals surface area contributed by atoms with Gasteiger partial charge < -0.3 is 10.1 Å². The normalized spacial score (nSPS) is 19.4. The molecule has 6 nitrogen and oxygen atoms in total. The third-order valence-electron chi connectivity index (χ3n) is 5.53. The first kappa shape index (κ1) is 20.1. The summed E-state index contributed by atoms with van der Waals surface area (Å²) >= 11 is 1.32. The van der Waals surface area contributed by atoms with Gasteiger partial charge in [0, 0.05) is 19.1 Å². The van der Waals surface area contributed by atoms with E-state index in [1.807, 2.05) is 0 Å². The van der Waals surface area contributed by atoms with E-state index in [4.69, 9.17) is 4.74 Å². The first-order valence-electron chi connectivity index (χ1n) is 9.54. The third kappa shape index (κ3) is 4.37. The average molecular weight is 426 g/mol. The van der Waals surface area contributed by atoms with Crippen molar-refractivity contribution in [1.82, 2.24) is 15.5 Å². The maximum absolute atomic E-state index is 13.1. The first-order valence-corrected chi connectivity index (χ1v) is 10.4. The van der Waals surface area contributed by atoms with E-state index in [1.54, 1.807) is 6.07 Å². The zero-order chi connectivity index (χ0) is 20.5. The number of nitrogens with zero attached hydrogens (tertiary/aromatic N) is 2. The van der Waals surface area contributed by atoms with Gasteiger partial charge in [0.05, 0.1) is 11.1 Å². The second-order valence-electron chi connectivity index (χ2n) is 7.43. The average Bonchev–Trinajstić information content (AvgIpc) is 3.13. The summed E-state index contributed by atoms with van der Waals surface area (Å²) in [6, 6.07) is 4.67. The van der Waals surface area contributed by atoms with E-state index in [2.05, 4.69) is 20.8 Å². The van der Waals surface area contributed by atoms with E-state index in [0.29, 0.717) is 36.8 Å². The van der Waals surface area contributed by atoms with Crippen LogP contribution in [0.2, 0.25) is 0 Å². The van der Waals surface area contributed by atoms with Gasteiger partial charge in [-0.1, -0.05) is 23.5 Å². The number of alkyl halides is 3. The zero-order valence-electron chi connectivity index (χ0n) is 15.6. The van der Waals surface area contributed by atoms with Gasteiger partial charge in [0.2, 0.25) is 5.13 Å². The van der Waals surface area contributed by atoms with Gasteiger partial charge in [0.15, 0.2) is 0 Å². The van der Waals surface area contributed by atoms with Gasteiger partial charge in [-0.3, -0.25) is 5.32 Å². The van der Waals surface area contributed by atoms with E-state index >= 15 is 0 Å². The molecular weight excluding hydrogens is 405 g/mol. The maximum Gasteiger partial charge on any atom is 0.416 e. The molecule has 2 fully saturated rings. The summed E-state index contributed by atoms with van der Waals surface area (Å²) in [4.78, 5) is 12.5.